The van der Waals surface area contributed by atoms with Crippen LogP contribution in [0.2, 0.25) is 5.02 Å². The van der Waals surface area contributed by atoms with Gasteiger partial charge in [0.25, 0.3) is 0 Å². The largest absolute Gasteiger partial charge is 0.330 e. The zero-order valence-electron chi connectivity index (χ0n) is 11.3. The predicted molar refractivity (Wildman–Crippen MR) is 74.9 cm³/mol. The maximum atomic E-state index is 6.32. The van der Waals surface area contributed by atoms with E-state index < -0.39 is 0 Å². The molecule has 0 saturated heterocycles. The molecule has 18 heavy (non-hydrogen) atoms. The zero-order chi connectivity index (χ0) is 13.1. The third kappa shape index (κ3) is 2.87. The molecule has 2 unspecified atom stereocenters. The number of hydrogen-bond acceptors (Lipinski definition) is 3. The first-order chi connectivity index (χ1) is 8.63. The van der Waals surface area contributed by atoms with E-state index in [2.05, 4.69) is 28.8 Å². The molecule has 0 radical (unpaired) electrons. The Morgan fingerprint density at radius 3 is 2.94 bits per heavy atom. The van der Waals surface area contributed by atoms with Gasteiger partial charge in [0.1, 0.15) is 0 Å². The minimum absolute atomic E-state index is 0.493. The molecule has 1 heterocycles. The summed E-state index contributed by atoms with van der Waals surface area (Å²) in [6, 6.07) is 0. The quantitative estimate of drug-likeness (QED) is 0.890. The van der Waals surface area contributed by atoms with Crippen LogP contribution in [0.5, 0.6) is 0 Å². The van der Waals surface area contributed by atoms with Crippen molar-refractivity contribution >= 4 is 11.6 Å². The van der Waals surface area contributed by atoms with Gasteiger partial charge in [-0.05, 0) is 39.4 Å². The lowest BCUT2D eigenvalue weighted by Gasteiger charge is -2.21. The topological polar surface area (TPSA) is 47.1 Å². The van der Waals surface area contributed by atoms with Gasteiger partial charge in [0.05, 0.1) is 23.5 Å². The molecule has 102 valence electrons. The van der Waals surface area contributed by atoms with Crippen LogP contribution in [0, 0.1) is 5.92 Å². The Labute approximate surface area is 114 Å². The van der Waals surface area contributed by atoms with Gasteiger partial charge in [0.2, 0.25) is 0 Å². The van der Waals surface area contributed by atoms with E-state index in [1.807, 2.05) is 0 Å². The summed E-state index contributed by atoms with van der Waals surface area (Å²) in [5.41, 5.74) is 7.07. The highest BCUT2D eigenvalue weighted by Crippen LogP contribution is 2.41. The van der Waals surface area contributed by atoms with Crippen molar-refractivity contribution in [2.75, 3.05) is 27.2 Å². The van der Waals surface area contributed by atoms with Crippen LogP contribution < -0.4 is 5.73 Å². The van der Waals surface area contributed by atoms with Crippen LogP contribution in [0.25, 0.3) is 0 Å². The lowest BCUT2D eigenvalue weighted by Crippen LogP contribution is -2.23. The molecule has 1 aromatic heterocycles. The van der Waals surface area contributed by atoms with Gasteiger partial charge in [0, 0.05) is 12.5 Å². The molecule has 0 bridgehead atoms. The first-order valence-corrected chi connectivity index (χ1v) is 7.07. The fraction of sp³-hybridized carbons (Fsp3) is 0.769. The van der Waals surface area contributed by atoms with Crippen molar-refractivity contribution in [3.63, 3.8) is 0 Å². The Bertz CT molecular complexity index is 388. The molecule has 0 aromatic carbocycles. The highest BCUT2D eigenvalue weighted by Gasteiger charge is 2.31. The maximum absolute atomic E-state index is 6.32. The SMILES string of the molecule is CN(C)CCn1ncc(Cl)c1C1CCCC1CN. The Kier molecular flexibility index (Phi) is 4.65. The monoisotopic (exact) mass is 270 g/mol. The summed E-state index contributed by atoms with van der Waals surface area (Å²) >= 11 is 6.32. The number of hydrogen-bond donors (Lipinski definition) is 1. The molecule has 0 spiro atoms. The number of likely N-dealkylation sites (N-methyl/N-ethyl adjacent to an activating group) is 1. The van der Waals surface area contributed by atoms with Crippen LogP contribution in [0.4, 0.5) is 0 Å². The Balaban J connectivity index is 2.17. The Hall–Kier alpha value is -0.580. The van der Waals surface area contributed by atoms with Gasteiger partial charge in [-0.2, -0.15) is 5.10 Å². The third-order valence-corrected chi connectivity index (χ3v) is 4.20. The molecule has 4 nitrogen and oxygen atoms in total. The Morgan fingerprint density at radius 1 is 1.50 bits per heavy atom. The fourth-order valence-corrected chi connectivity index (χ4v) is 3.17. The van der Waals surface area contributed by atoms with Crippen molar-refractivity contribution in [2.24, 2.45) is 11.7 Å². The second-order valence-corrected chi connectivity index (χ2v) is 5.84. The van der Waals surface area contributed by atoms with Gasteiger partial charge < -0.3 is 10.6 Å². The smallest absolute Gasteiger partial charge is 0.0820 e. The number of aromatic nitrogens is 2. The molecule has 1 aliphatic rings. The first-order valence-electron chi connectivity index (χ1n) is 6.69. The van der Waals surface area contributed by atoms with E-state index in [1.165, 1.54) is 25.0 Å². The molecular weight excluding hydrogens is 248 g/mol. The standard InChI is InChI=1S/C13H23ClN4/c1-17(2)6-7-18-13(12(14)9-16-18)11-5-3-4-10(11)8-15/h9-11H,3-8,15H2,1-2H3. The van der Waals surface area contributed by atoms with Crippen molar-refractivity contribution < 1.29 is 0 Å². The summed E-state index contributed by atoms with van der Waals surface area (Å²) in [5, 5.41) is 5.22. The second-order valence-electron chi connectivity index (χ2n) is 5.44. The van der Waals surface area contributed by atoms with Crippen LogP contribution in [0.3, 0.4) is 0 Å². The van der Waals surface area contributed by atoms with Crippen LogP contribution in [0.1, 0.15) is 30.9 Å². The van der Waals surface area contributed by atoms with Crippen molar-refractivity contribution in [1.82, 2.24) is 14.7 Å². The third-order valence-electron chi connectivity index (χ3n) is 3.91. The molecule has 5 heteroatoms. The van der Waals surface area contributed by atoms with Gasteiger partial charge in [-0.15, -0.1) is 0 Å². The molecule has 0 aliphatic heterocycles. The minimum Gasteiger partial charge on any atom is -0.330 e. The summed E-state index contributed by atoms with van der Waals surface area (Å²) in [5.74, 6) is 1.06. The van der Waals surface area contributed by atoms with Gasteiger partial charge in [0.15, 0.2) is 0 Å². The summed E-state index contributed by atoms with van der Waals surface area (Å²) < 4.78 is 2.07. The average Bonchev–Trinajstić information content (AvgIpc) is 2.92. The van der Waals surface area contributed by atoms with Crippen molar-refractivity contribution in [2.45, 2.75) is 31.7 Å². The molecule has 1 fully saturated rings. The van der Waals surface area contributed by atoms with Crippen molar-refractivity contribution in [3.8, 4) is 0 Å². The van der Waals surface area contributed by atoms with E-state index in [9.17, 15) is 0 Å². The number of rotatable bonds is 5. The average molecular weight is 271 g/mol. The van der Waals surface area contributed by atoms with Crippen LogP contribution in [-0.2, 0) is 6.54 Å². The van der Waals surface area contributed by atoms with Crippen molar-refractivity contribution in [1.29, 1.82) is 0 Å². The van der Waals surface area contributed by atoms with E-state index in [0.29, 0.717) is 11.8 Å². The summed E-state index contributed by atoms with van der Waals surface area (Å²) in [4.78, 5) is 2.16. The molecule has 1 saturated carbocycles. The van der Waals surface area contributed by atoms with E-state index in [-0.39, 0.29) is 0 Å². The molecule has 2 rings (SSSR count). The second kappa shape index (κ2) is 6.04. The highest BCUT2D eigenvalue weighted by molar-refractivity contribution is 6.31. The highest BCUT2D eigenvalue weighted by atomic mass is 35.5. The summed E-state index contributed by atoms with van der Waals surface area (Å²) in [6.45, 7) is 2.62. The van der Waals surface area contributed by atoms with Crippen LogP contribution in [-0.4, -0.2) is 41.9 Å². The molecule has 1 aliphatic carbocycles. The van der Waals surface area contributed by atoms with Crippen molar-refractivity contribution in [3.05, 3.63) is 16.9 Å². The first kappa shape index (κ1) is 13.8. The minimum atomic E-state index is 0.493. The lowest BCUT2D eigenvalue weighted by molar-refractivity contribution is 0.360. The molecular formula is C13H23ClN4. The van der Waals surface area contributed by atoms with Crippen LogP contribution >= 0.6 is 11.6 Å². The molecule has 2 N–H and O–H groups in total. The van der Waals surface area contributed by atoms with Gasteiger partial charge in [-0.3, -0.25) is 4.68 Å². The van der Waals surface area contributed by atoms with E-state index in [1.54, 1.807) is 6.20 Å². The van der Waals surface area contributed by atoms with Gasteiger partial charge >= 0.3 is 0 Å². The lowest BCUT2D eigenvalue weighted by atomic mass is 9.93. The maximum Gasteiger partial charge on any atom is 0.0820 e. The number of nitrogens with zero attached hydrogens (tertiary/aromatic N) is 3. The van der Waals surface area contributed by atoms with E-state index in [0.717, 1.165) is 24.7 Å². The zero-order valence-corrected chi connectivity index (χ0v) is 12.0. The van der Waals surface area contributed by atoms with E-state index >= 15 is 0 Å². The normalized spacial score (nSPS) is 24.1. The van der Waals surface area contributed by atoms with Gasteiger partial charge in [-0.1, -0.05) is 18.0 Å². The van der Waals surface area contributed by atoms with Gasteiger partial charge in [-0.25, -0.2) is 0 Å². The predicted octanol–water partition coefficient (Wildman–Crippen LogP) is 1.94. The Morgan fingerprint density at radius 2 is 2.28 bits per heavy atom. The summed E-state index contributed by atoms with van der Waals surface area (Å²) in [6.07, 6.45) is 5.44. The fourth-order valence-electron chi connectivity index (χ4n) is 2.89. The molecule has 0 amide bonds. The van der Waals surface area contributed by atoms with E-state index in [4.69, 9.17) is 17.3 Å². The number of halogens is 1. The van der Waals surface area contributed by atoms with Crippen LogP contribution in [0.15, 0.2) is 6.20 Å². The molecule has 1 aromatic rings. The summed E-state index contributed by atoms with van der Waals surface area (Å²) in [7, 11) is 4.14. The number of nitrogens with two attached hydrogens (primary N) is 1. The molecule has 2 atom stereocenters.